The number of amides is 2. The third-order valence-electron chi connectivity index (χ3n) is 5.72. The van der Waals surface area contributed by atoms with E-state index < -0.39 is 0 Å². The lowest BCUT2D eigenvalue weighted by Crippen LogP contribution is -2.50. The highest BCUT2D eigenvalue weighted by Crippen LogP contribution is 2.20. The van der Waals surface area contributed by atoms with Crippen molar-refractivity contribution in [1.82, 2.24) is 29.7 Å². The number of benzene rings is 1. The fourth-order valence-electron chi connectivity index (χ4n) is 3.89. The van der Waals surface area contributed by atoms with Gasteiger partial charge in [0.1, 0.15) is 11.4 Å². The summed E-state index contributed by atoms with van der Waals surface area (Å²) in [7, 11) is 0. The molecule has 0 spiro atoms. The van der Waals surface area contributed by atoms with Gasteiger partial charge in [-0.2, -0.15) is 0 Å². The van der Waals surface area contributed by atoms with Gasteiger partial charge in [-0.15, -0.1) is 0 Å². The van der Waals surface area contributed by atoms with Crippen LogP contribution in [0.2, 0.25) is 0 Å². The van der Waals surface area contributed by atoms with Crippen LogP contribution in [-0.4, -0.2) is 67.7 Å². The molecular weight excluding hydrogens is 404 g/mol. The van der Waals surface area contributed by atoms with Crippen LogP contribution in [0.3, 0.4) is 0 Å². The lowest BCUT2D eigenvalue weighted by molar-refractivity contribution is 0.0531. The van der Waals surface area contributed by atoms with Gasteiger partial charge < -0.3 is 14.8 Å². The average molecular weight is 426 g/mol. The van der Waals surface area contributed by atoms with E-state index in [1.165, 1.54) is 0 Å². The van der Waals surface area contributed by atoms with Crippen LogP contribution in [0, 0.1) is 6.92 Å². The zero-order valence-electron chi connectivity index (χ0n) is 17.7. The van der Waals surface area contributed by atoms with Gasteiger partial charge in [-0.1, -0.05) is 18.2 Å². The Morgan fingerprint density at radius 1 is 0.875 bits per heavy atom. The van der Waals surface area contributed by atoms with E-state index in [1.807, 2.05) is 49.4 Å². The topological polar surface area (TPSA) is 95.1 Å². The summed E-state index contributed by atoms with van der Waals surface area (Å²) in [6.07, 6.45) is 3.28. The van der Waals surface area contributed by atoms with Gasteiger partial charge >= 0.3 is 0 Å². The van der Waals surface area contributed by atoms with Crippen LogP contribution in [0.4, 0.5) is 0 Å². The molecule has 2 amide bonds. The van der Waals surface area contributed by atoms with Crippen molar-refractivity contribution >= 4 is 22.8 Å². The predicted molar refractivity (Wildman–Crippen MR) is 120 cm³/mol. The van der Waals surface area contributed by atoms with Crippen LogP contribution in [0.25, 0.3) is 22.6 Å². The van der Waals surface area contributed by atoms with Crippen LogP contribution in [0.5, 0.6) is 0 Å². The second-order valence-corrected chi connectivity index (χ2v) is 7.79. The van der Waals surface area contributed by atoms with Crippen molar-refractivity contribution in [3.63, 3.8) is 0 Å². The van der Waals surface area contributed by atoms with E-state index >= 15 is 0 Å². The fourth-order valence-corrected chi connectivity index (χ4v) is 3.89. The lowest BCUT2D eigenvalue weighted by Gasteiger charge is -2.34. The molecule has 1 aromatic carbocycles. The van der Waals surface area contributed by atoms with Gasteiger partial charge in [0.05, 0.1) is 16.6 Å². The number of H-pyrrole nitrogens is 1. The molecule has 1 aliphatic heterocycles. The maximum absolute atomic E-state index is 13.1. The molecule has 1 fully saturated rings. The van der Waals surface area contributed by atoms with Gasteiger partial charge in [-0.25, -0.2) is 9.97 Å². The predicted octanol–water partition coefficient (Wildman–Crippen LogP) is 2.93. The van der Waals surface area contributed by atoms with E-state index in [0.29, 0.717) is 49.0 Å². The molecule has 0 saturated carbocycles. The Morgan fingerprint density at radius 2 is 1.62 bits per heavy atom. The van der Waals surface area contributed by atoms with Crippen molar-refractivity contribution in [2.75, 3.05) is 26.2 Å². The van der Waals surface area contributed by atoms with Gasteiger partial charge in [-0.05, 0) is 42.8 Å². The van der Waals surface area contributed by atoms with E-state index in [0.717, 1.165) is 16.6 Å². The van der Waals surface area contributed by atoms with Crippen molar-refractivity contribution in [3.05, 3.63) is 77.7 Å². The fraction of sp³-hybridized carbons (Fsp3) is 0.208. The Hall–Kier alpha value is -4.07. The first-order chi connectivity index (χ1) is 15.6. The highest BCUT2D eigenvalue weighted by molar-refractivity contribution is 5.96. The van der Waals surface area contributed by atoms with E-state index in [4.69, 9.17) is 0 Å². The van der Waals surface area contributed by atoms with Crippen LogP contribution in [0.1, 0.15) is 26.4 Å². The molecule has 3 aromatic heterocycles. The molecule has 32 heavy (non-hydrogen) atoms. The molecule has 0 atom stereocenters. The minimum atomic E-state index is -0.146. The number of hydrogen-bond donors (Lipinski definition) is 1. The number of rotatable bonds is 3. The molecule has 1 N–H and O–H groups in total. The summed E-state index contributed by atoms with van der Waals surface area (Å²) in [5.41, 5.74) is 4.26. The number of aromatic amines is 1. The second kappa shape index (κ2) is 8.22. The van der Waals surface area contributed by atoms with Gasteiger partial charge in [0.15, 0.2) is 5.82 Å². The van der Waals surface area contributed by atoms with Crippen molar-refractivity contribution in [3.8, 4) is 11.5 Å². The van der Waals surface area contributed by atoms with Crippen molar-refractivity contribution in [2.24, 2.45) is 0 Å². The third kappa shape index (κ3) is 3.71. The number of imidazole rings is 1. The number of nitrogens with zero attached hydrogens (tertiary/aromatic N) is 5. The van der Waals surface area contributed by atoms with E-state index in [9.17, 15) is 9.59 Å². The summed E-state index contributed by atoms with van der Waals surface area (Å²) in [5.74, 6) is 0.434. The standard InChI is InChI=1S/C24H22N6O2/c1-16-9-10-25-15-17(16)23(31)29-11-13-30(14-12-29)24(32)21-8-4-7-20(26-21)22-27-18-5-2-3-6-19(18)28-22/h2-10,15H,11-14H2,1H3,(H,27,28). The number of aryl methyl sites for hydroxylation is 1. The highest BCUT2D eigenvalue weighted by Gasteiger charge is 2.27. The number of carbonyl (C=O) groups excluding carboxylic acids is 2. The normalized spacial score (nSPS) is 14.0. The Kier molecular flexibility index (Phi) is 5.10. The second-order valence-electron chi connectivity index (χ2n) is 7.79. The van der Waals surface area contributed by atoms with E-state index in [2.05, 4.69) is 19.9 Å². The van der Waals surface area contributed by atoms with Crippen molar-refractivity contribution in [1.29, 1.82) is 0 Å². The maximum atomic E-state index is 13.1. The van der Waals surface area contributed by atoms with Gasteiger partial charge in [-0.3, -0.25) is 14.6 Å². The van der Waals surface area contributed by atoms with E-state index in [1.54, 1.807) is 28.3 Å². The number of para-hydroxylation sites is 2. The molecule has 1 saturated heterocycles. The molecule has 1 aliphatic rings. The SMILES string of the molecule is Cc1ccncc1C(=O)N1CCN(C(=O)c2cccc(-c3nc4ccccc4[nH]3)n2)CC1. The molecule has 160 valence electrons. The Balaban J connectivity index is 1.29. The quantitative estimate of drug-likeness (QED) is 0.544. The number of piperazine rings is 1. The highest BCUT2D eigenvalue weighted by atomic mass is 16.2. The first-order valence-corrected chi connectivity index (χ1v) is 10.5. The third-order valence-corrected chi connectivity index (χ3v) is 5.72. The summed E-state index contributed by atoms with van der Waals surface area (Å²) in [6, 6.07) is 14.9. The number of pyridine rings is 2. The average Bonchev–Trinajstić information content (AvgIpc) is 3.28. The van der Waals surface area contributed by atoms with Crippen LogP contribution < -0.4 is 0 Å². The number of aromatic nitrogens is 4. The Labute approximate surface area is 184 Å². The van der Waals surface area contributed by atoms with Gasteiger partial charge in [0, 0.05) is 38.6 Å². The number of hydrogen-bond acceptors (Lipinski definition) is 5. The number of fused-ring (bicyclic) bond motifs is 1. The van der Waals surface area contributed by atoms with Gasteiger partial charge in [0.25, 0.3) is 11.8 Å². The molecule has 0 radical (unpaired) electrons. The smallest absolute Gasteiger partial charge is 0.272 e. The molecule has 4 aromatic rings. The largest absolute Gasteiger partial charge is 0.337 e. The van der Waals surface area contributed by atoms with Crippen LogP contribution >= 0.6 is 0 Å². The molecular formula is C24H22N6O2. The maximum Gasteiger partial charge on any atom is 0.272 e. The first kappa shape index (κ1) is 19.9. The number of carbonyl (C=O) groups is 2. The van der Waals surface area contributed by atoms with Crippen molar-refractivity contribution < 1.29 is 9.59 Å². The van der Waals surface area contributed by atoms with Crippen molar-refractivity contribution in [2.45, 2.75) is 6.92 Å². The minimum absolute atomic E-state index is 0.0484. The molecule has 8 nitrogen and oxygen atoms in total. The molecule has 5 rings (SSSR count). The zero-order chi connectivity index (χ0) is 22.1. The lowest BCUT2D eigenvalue weighted by atomic mass is 10.1. The zero-order valence-corrected chi connectivity index (χ0v) is 17.7. The van der Waals surface area contributed by atoms with Crippen LogP contribution in [-0.2, 0) is 0 Å². The molecule has 4 heterocycles. The summed E-state index contributed by atoms with van der Waals surface area (Å²) in [5, 5.41) is 0. The van der Waals surface area contributed by atoms with E-state index in [-0.39, 0.29) is 11.8 Å². The number of nitrogens with one attached hydrogen (secondary N) is 1. The molecule has 0 unspecified atom stereocenters. The van der Waals surface area contributed by atoms with Crippen LogP contribution in [0.15, 0.2) is 60.9 Å². The molecule has 0 bridgehead atoms. The van der Waals surface area contributed by atoms with Gasteiger partial charge in [0.2, 0.25) is 0 Å². The monoisotopic (exact) mass is 426 g/mol. The summed E-state index contributed by atoms with van der Waals surface area (Å²) in [4.78, 5) is 45.8. The molecule has 8 heteroatoms. The first-order valence-electron chi connectivity index (χ1n) is 10.5. The minimum Gasteiger partial charge on any atom is -0.337 e. The Bertz CT molecular complexity index is 1270. The molecule has 0 aliphatic carbocycles. The summed E-state index contributed by atoms with van der Waals surface area (Å²) < 4.78 is 0. The Morgan fingerprint density at radius 3 is 2.38 bits per heavy atom. The summed E-state index contributed by atoms with van der Waals surface area (Å²) in [6.45, 7) is 3.76. The summed E-state index contributed by atoms with van der Waals surface area (Å²) >= 11 is 0.